The van der Waals surface area contributed by atoms with E-state index in [1.54, 1.807) is 32.0 Å². The first-order valence-electron chi connectivity index (χ1n) is 23.1. The van der Waals surface area contributed by atoms with Gasteiger partial charge in [-0.3, -0.25) is 4.79 Å². The minimum Gasteiger partial charge on any atom is -0.448 e. The van der Waals surface area contributed by atoms with Crippen LogP contribution in [0.15, 0.2) is 63.9 Å². The van der Waals surface area contributed by atoms with E-state index in [2.05, 4.69) is 10.3 Å². The summed E-state index contributed by atoms with van der Waals surface area (Å²) in [5, 5.41) is 78.6. The smallest absolute Gasteiger partial charge is 0.251 e. The van der Waals surface area contributed by atoms with Gasteiger partial charge in [-0.25, -0.2) is 4.98 Å². The highest BCUT2D eigenvalue weighted by Gasteiger charge is 2.66. The average Bonchev–Trinajstić information content (AvgIpc) is 3.81. The topological polar surface area (TPSA) is 240 Å². The van der Waals surface area contributed by atoms with E-state index < -0.39 is 84.0 Å². The third-order valence-electron chi connectivity index (χ3n) is 13.8. The van der Waals surface area contributed by atoms with Gasteiger partial charge in [0.15, 0.2) is 17.8 Å². The van der Waals surface area contributed by atoms with Crippen molar-refractivity contribution in [3.63, 3.8) is 0 Å². The molecular weight excluding hydrogens is 849 g/mol. The zero-order valence-electron chi connectivity index (χ0n) is 41.4. The molecule has 16 nitrogen and oxygen atoms in total. The summed E-state index contributed by atoms with van der Waals surface area (Å²) in [4.78, 5) is 18.9. The molecule has 0 saturated carbocycles. The van der Waals surface area contributed by atoms with Crippen molar-refractivity contribution in [3.05, 3.63) is 71.0 Å². The fourth-order valence-corrected chi connectivity index (χ4v) is 8.64. The molecule has 15 atom stereocenters. The largest absolute Gasteiger partial charge is 0.448 e. The van der Waals surface area contributed by atoms with Crippen molar-refractivity contribution < 1.29 is 58.8 Å². The Labute approximate surface area is 392 Å². The predicted molar refractivity (Wildman–Crippen MR) is 251 cm³/mol. The van der Waals surface area contributed by atoms with Crippen LogP contribution >= 0.6 is 0 Å². The fraction of sp³-hybridized carbons (Fsp3) is 0.700. The van der Waals surface area contributed by atoms with Gasteiger partial charge in [0.05, 0.1) is 55.3 Å². The number of oxazole rings is 1. The number of nitrogens with one attached hydrogen (secondary N) is 1. The number of nitriles is 1. The van der Waals surface area contributed by atoms with E-state index in [9.17, 15) is 35.4 Å². The van der Waals surface area contributed by atoms with E-state index in [1.807, 2.05) is 91.8 Å². The minimum absolute atomic E-state index is 0.0649. The Morgan fingerprint density at radius 1 is 1.08 bits per heavy atom. The fourth-order valence-electron chi connectivity index (χ4n) is 8.64. The summed E-state index contributed by atoms with van der Waals surface area (Å²) in [7, 11) is 6.43. The number of nitrogens with zero attached hydrogens (tertiary/aromatic N) is 3. The van der Waals surface area contributed by atoms with E-state index in [1.165, 1.54) is 26.6 Å². The van der Waals surface area contributed by atoms with Gasteiger partial charge in [0, 0.05) is 68.8 Å². The van der Waals surface area contributed by atoms with E-state index in [-0.39, 0.29) is 43.7 Å². The Bertz CT molecular complexity index is 1890. The van der Waals surface area contributed by atoms with Crippen molar-refractivity contribution in [2.24, 2.45) is 23.2 Å². The van der Waals surface area contributed by atoms with Crippen LogP contribution < -0.4 is 5.32 Å². The first-order valence-corrected chi connectivity index (χ1v) is 23.1. The normalized spacial score (nSPS) is 28.3. The van der Waals surface area contributed by atoms with Crippen LogP contribution in [0, 0.1) is 34.5 Å². The van der Waals surface area contributed by atoms with Gasteiger partial charge in [0.2, 0.25) is 0 Å². The lowest BCUT2D eigenvalue weighted by atomic mass is 9.72. The van der Waals surface area contributed by atoms with Gasteiger partial charge in [-0.1, -0.05) is 77.5 Å². The predicted octanol–water partition coefficient (Wildman–Crippen LogP) is 4.57. The number of likely N-dealkylation sites (N-methyl/N-ethyl adjacent to an activating group) is 1. The van der Waals surface area contributed by atoms with Crippen molar-refractivity contribution in [1.82, 2.24) is 15.2 Å². The van der Waals surface area contributed by atoms with Crippen LogP contribution in [0.2, 0.25) is 0 Å². The number of aromatic nitrogens is 1. The standard InChI is InChI=1S/C50H80N4O12/c1-29(20-22-51)16-14-17-30(2)32(4)24-33(5)42(57)35(7)38(55)25-41(63-13)45-46(60)49(8,9)50(66-45)26-39(56)34(6)40(65-50)19-15-18-36-27-64-48(53-36)31(3)21-23-52-47(61)44(59)43(58)37(28-62-12)54(10)11/h14-18,20,24,27,31,33-35,37-46,55-60H,19,21,23,25-26,28H2,1-13H3,(H,52,61)/t31-,33+,34-,35-,37-,38-,39+,40-,41-,42+,43-,44-,45+,46-,50+/m1/s1. The van der Waals surface area contributed by atoms with Gasteiger partial charge in [-0.05, 0) is 64.9 Å². The minimum atomic E-state index is -1.63. The summed E-state index contributed by atoms with van der Waals surface area (Å²) < 4.78 is 30.2. The monoisotopic (exact) mass is 929 g/mol. The molecule has 3 rings (SSSR count). The van der Waals surface area contributed by atoms with Crippen LogP contribution in [-0.4, -0.2) is 155 Å². The third kappa shape index (κ3) is 14.5. The summed E-state index contributed by atoms with van der Waals surface area (Å²) in [6.07, 6.45) is 6.39. The Hall–Kier alpha value is -3.57. The molecule has 7 N–H and O–H groups in total. The van der Waals surface area contributed by atoms with Crippen molar-refractivity contribution >= 4 is 12.0 Å². The number of aliphatic hydroxyl groups excluding tert-OH is 6. The zero-order chi connectivity index (χ0) is 49.7. The number of rotatable bonds is 24. The lowest BCUT2D eigenvalue weighted by molar-refractivity contribution is -0.334. The summed E-state index contributed by atoms with van der Waals surface area (Å²) >= 11 is 0. The molecule has 1 aromatic heterocycles. The Morgan fingerprint density at radius 2 is 1.76 bits per heavy atom. The van der Waals surface area contributed by atoms with Crippen LogP contribution in [0.4, 0.5) is 0 Å². The van der Waals surface area contributed by atoms with E-state index in [0.29, 0.717) is 24.4 Å². The first kappa shape index (κ1) is 56.8. The average molecular weight is 929 g/mol. The maximum Gasteiger partial charge on any atom is 0.251 e. The zero-order valence-corrected chi connectivity index (χ0v) is 41.4. The van der Waals surface area contributed by atoms with E-state index in [4.69, 9.17) is 28.6 Å². The van der Waals surface area contributed by atoms with Gasteiger partial charge in [-0.2, -0.15) is 5.26 Å². The molecule has 0 radical (unpaired) electrons. The Kier molecular flexibility index (Phi) is 22.1. The molecule has 2 fully saturated rings. The highest BCUT2D eigenvalue weighted by atomic mass is 16.7. The number of carbonyl (C=O) groups is 1. The van der Waals surface area contributed by atoms with Gasteiger partial charge >= 0.3 is 0 Å². The summed E-state index contributed by atoms with van der Waals surface area (Å²) in [5.74, 6) is -2.91. The van der Waals surface area contributed by atoms with Crippen LogP contribution in [0.5, 0.6) is 0 Å². The molecule has 66 heavy (non-hydrogen) atoms. The van der Waals surface area contributed by atoms with Crippen molar-refractivity contribution in [2.45, 2.75) is 161 Å². The molecular formula is C50H80N4O12. The number of hydrogen-bond acceptors (Lipinski definition) is 15. The quantitative estimate of drug-likeness (QED) is 0.0555. The maximum atomic E-state index is 12.6. The number of carbonyl (C=O) groups excluding carboxylic acids is 1. The number of aliphatic hydroxyl groups is 6. The molecule has 16 heteroatoms. The molecule has 2 aliphatic rings. The third-order valence-corrected chi connectivity index (χ3v) is 13.8. The Balaban J connectivity index is 1.63. The van der Waals surface area contributed by atoms with Crippen molar-refractivity contribution in [3.8, 4) is 6.07 Å². The molecule has 0 bridgehead atoms. The first-order chi connectivity index (χ1) is 31.0. The summed E-state index contributed by atoms with van der Waals surface area (Å²) in [6, 6.07) is 1.44. The lowest BCUT2D eigenvalue weighted by Gasteiger charge is -2.49. The number of ether oxygens (including phenoxy) is 4. The maximum absolute atomic E-state index is 12.6. The van der Waals surface area contributed by atoms with Crippen molar-refractivity contribution in [1.29, 1.82) is 5.26 Å². The molecule has 2 aliphatic heterocycles. The molecule has 2 saturated heterocycles. The Morgan fingerprint density at radius 3 is 2.38 bits per heavy atom. The van der Waals surface area contributed by atoms with E-state index in [0.717, 1.165) is 16.7 Å². The summed E-state index contributed by atoms with van der Waals surface area (Å²) in [5.41, 5.74) is 2.38. The lowest BCUT2D eigenvalue weighted by Crippen LogP contribution is -2.58. The molecule has 0 unspecified atom stereocenters. The van der Waals surface area contributed by atoms with Gasteiger partial charge in [-0.15, -0.1) is 0 Å². The van der Waals surface area contributed by atoms with E-state index >= 15 is 0 Å². The molecule has 372 valence electrons. The molecule has 0 aromatic carbocycles. The summed E-state index contributed by atoms with van der Waals surface area (Å²) in [6.45, 7) is 17.3. The second kappa shape index (κ2) is 25.7. The van der Waals surface area contributed by atoms with Gasteiger partial charge in [0.25, 0.3) is 5.91 Å². The second-order valence-corrected chi connectivity index (χ2v) is 19.3. The number of allylic oxidation sites excluding steroid dienone is 7. The van der Waals surface area contributed by atoms with Crippen LogP contribution in [0.25, 0.3) is 6.08 Å². The van der Waals surface area contributed by atoms with Crippen LogP contribution in [0.3, 0.4) is 0 Å². The van der Waals surface area contributed by atoms with Crippen LogP contribution in [-0.2, 0) is 23.7 Å². The molecule has 1 amide bonds. The molecule has 0 aliphatic carbocycles. The molecule has 1 spiro atoms. The van der Waals surface area contributed by atoms with Gasteiger partial charge in [0.1, 0.15) is 24.2 Å². The van der Waals surface area contributed by atoms with Crippen molar-refractivity contribution in [2.75, 3.05) is 41.5 Å². The highest BCUT2D eigenvalue weighted by Crippen LogP contribution is 2.55. The molecule has 1 aromatic rings. The number of hydrogen-bond donors (Lipinski definition) is 7. The van der Waals surface area contributed by atoms with Gasteiger partial charge < -0.3 is 64.2 Å². The van der Waals surface area contributed by atoms with Crippen LogP contribution in [0.1, 0.15) is 105 Å². The highest BCUT2D eigenvalue weighted by molar-refractivity contribution is 5.81. The number of methoxy groups -OCH3 is 2. The SMILES string of the molecule is COC[C@H]([C@@H](O)[C@@H](O)C(=O)NCC[C@@H](C)c1nc(C=CC[C@H]2O[C@@]3(C[C@H](O)[C@H]2C)O[C@@H]([C@@H](C[C@@H](O)[C@@H](C)[C@@H](O)[C@@H](C)C=C(C)C(C)=CC=CC(C)=CC#N)OC)[C@@H](O)C3(C)C)co1)N(C)C. The molecule has 3 heterocycles. The number of amides is 1. The second-order valence-electron chi connectivity index (χ2n) is 19.3.